The Balaban J connectivity index is 1.58. The second kappa shape index (κ2) is 8.56. The molecule has 3 aromatic rings. The van der Waals surface area contributed by atoms with E-state index in [1.54, 1.807) is 13.0 Å². The molecule has 0 bridgehead atoms. The molecule has 0 spiro atoms. The van der Waals surface area contributed by atoms with E-state index in [2.05, 4.69) is 27.2 Å². The van der Waals surface area contributed by atoms with Crippen LogP contribution in [0.3, 0.4) is 0 Å². The number of hydrogen-bond acceptors (Lipinski definition) is 4. The van der Waals surface area contributed by atoms with Crippen LogP contribution in [0.5, 0.6) is 0 Å². The molecule has 0 saturated carbocycles. The number of sulfonamides is 1. The van der Waals surface area contributed by atoms with E-state index in [1.807, 2.05) is 18.2 Å². The predicted molar refractivity (Wildman–Crippen MR) is 105 cm³/mol. The lowest BCUT2D eigenvalue weighted by Crippen LogP contribution is -2.40. The van der Waals surface area contributed by atoms with E-state index in [0.29, 0.717) is 11.9 Å². The molecule has 1 unspecified atom stereocenters. The van der Waals surface area contributed by atoms with Gasteiger partial charge >= 0.3 is 0 Å². The van der Waals surface area contributed by atoms with E-state index >= 15 is 0 Å². The van der Waals surface area contributed by atoms with Crippen molar-refractivity contribution in [1.82, 2.24) is 15.0 Å². The molecular formula is C20H22FN3O2S. The first-order valence-electron chi connectivity index (χ1n) is 8.76. The van der Waals surface area contributed by atoms with E-state index in [0.717, 1.165) is 19.2 Å². The molecule has 0 fully saturated rings. The second-order valence-corrected chi connectivity index (χ2v) is 8.18. The van der Waals surface area contributed by atoms with Crippen LogP contribution in [0, 0.1) is 5.82 Å². The summed E-state index contributed by atoms with van der Waals surface area (Å²) in [7, 11) is -3.73. The Morgan fingerprint density at radius 1 is 1.11 bits per heavy atom. The van der Waals surface area contributed by atoms with Crippen molar-refractivity contribution >= 4 is 20.8 Å². The smallest absolute Gasteiger partial charge is 0.240 e. The number of aromatic nitrogens is 1. The molecule has 1 aromatic heterocycles. The third-order valence-corrected chi connectivity index (χ3v) is 5.82. The summed E-state index contributed by atoms with van der Waals surface area (Å²) in [6, 6.07) is 14.1. The number of nitrogens with zero attached hydrogens (tertiary/aromatic N) is 1. The highest BCUT2D eigenvalue weighted by atomic mass is 32.2. The zero-order chi connectivity index (χ0) is 19.3. The van der Waals surface area contributed by atoms with Crippen molar-refractivity contribution in [3.05, 3.63) is 72.3 Å². The van der Waals surface area contributed by atoms with Crippen LogP contribution in [0.4, 0.5) is 4.39 Å². The average Bonchev–Trinajstić information content (AvgIpc) is 2.66. The minimum Gasteiger partial charge on any atom is -0.315 e. The molecule has 1 atom stereocenters. The minimum atomic E-state index is -3.73. The van der Waals surface area contributed by atoms with E-state index in [1.165, 1.54) is 23.9 Å². The van der Waals surface area contributed by atoms with Gasteiger partial charge in [0.2, 0.25) is 10.0 Å². The van der Waals surface area contributed by atoms with Crippen LogP contribution in [0.2, 0.25) is 0 Å². The molecule has 0 aliphatic heterocycles. The molecule has 7 heteroatoms. The fraction of sp³-hybridized carbons (Fsp3) is 0.250. The Morgan fingerprint density at radius 2 is 1.89 bits per heavy atom. The lowest BCUT2D eigenvalue weighted by molar-refractivity contribution is 0.537. The van der Waals surface area contributed by atoms with Crippen LogP contribution in [0.15, 0.2) is 65.8 Å². The normalized spacial score (nSPS) is 13.0. The fourth-order valence-electron chi connectivity index (χ4n) is 2.85. The van der Waals surface area contributed by atoms with Crippen LogP contribution in [0.25, 0.3) is 10.8 Å². The number of hydrogen-bond donors (Lipinski definition) is 2. The predicted octanol–water partition coefficient (Wildman–Crippen LogP) is 2.87. The minimum absolute atomic E-state index is 0.0382. The van der Waals surface area contributed by atoms with Gasteiger partial charge in [0.05, 0.1) is 11.1 Å². The molecule has 27 heavy (non-hydrogen) atoms. The van der Waals surface area contributed by atoms with Crippen molar-refractivity contribution in [3.63, 3.8) is 0 Å². The summed E-state index contributed by atoms with van der Waals surface area (Å²) in [6.07, 6.45) is 3.45. The number of benzene rings is 2. The summed E-state index contributed by atoms with van der Waals surface area (Å²) in [5, 5.41) is 4.05. The Kier molecular flexibility index (Phi) is 6.15. The third-order valence-electron chi connectivity index (χ3n) is 4.23. The SMILES string of the molecule is CC(CNCCc1ccccc1)NS(=O)(=O)c1ccc2cncc(F)c2c1. The van der Waals surface area contributed by atoms with Crippen LogP contribution in [0.1, 0.15) is 12.5 Å². The van der Waals surface area contributed by atoms with Gasteiger partial charge in [0.25, 0.3) is 0 Å². The molecule has 5 nitrogen and oxygen atoms in total. The lowest BCUT2D eigenvalue weighted by Gasteiger charge is -2.15. The maximum Gasteiger partial charge on any atom is 0.240 e. The second-order valence-electron chi connectivity index (χ2n) is 6.47. The molecule has 2 N–H and O–H groups in total. The monoisotopic (exact) mass is 387 g/mol. The van der Waals surface area contributed by atoms with Gasteiger partial charge in [-0.3, -0.25) is 4.98 Å². The fourth-order valence-corrected chi connectivity index (χ4v) is 4.11. The van der Waals surface area contributed by atoms with E-state index < -0.39 is 15.8 Å². The number of rotatable bonds is 8. The van der Waals surface area contributed by atoms with Gasteiger partial charge in [-0.2, -0.15) is 0 Å². The summed E-state index contributed by atoms with van der Waals surface area (Å²) < 4.78 is 41.7. The summed E-state index contributed by atoms with van der Waals surface area (Å²) in [5.41, 5.74) is 1.23. The number of pyridine rings is 1. The molecule has 3 rings (SSSR count). The van der Waals surface area contributed by atoms with Gasteiger partial charge in [0.1, 0.15) is 5.82 Å². The van der Waals surface area contributed by atoms with Crippen molar-refractivity contribution in [1.29, 1.82) is 0 Å². The lowest BCUT2D eigenvalue weighted by atomic mass is 10.1. The first kappa shape index (κ1) is 19.4. The summed E-state index contributed by atoms with van der Waals surface area (Å²) in [5.74, 6) is -0.542. The van der Waals surface area contributed by atoms with E-state index in [-0.39, 0.29) is 16.3 Å². The van der Waals surface area contributed by atoms with Crippen molar-refractivity contribution in [3.8, 4) is 0 Å². The molecular weight excluding hydrogens is 365 g/mol. The van der Waals surface area contributed by atoms with Gasteiger partial charge < -0.3 is 5.32 Å². The molecule has 2 aromatic carbocycles. The Hall–Kier alpha value is -2.35. The van der Waals surface area contributed by atoms with Crippen molar-refractivity contribution in [2.45, 2.75) is 24.3 Å². The highest BCUT2D eigenvalue weighted by Crippen LogP contribution is 2.20. The van der Waals surface area contributed by atoms with Crippen LogP contribution in [-0.2, 0) is 16.4 Å². The molecule has 0 amide bonds. The van der Waals surface area contributed by atoms with Gasteiger partial charge in [-0.05, 0) is 37.6 Å². The first-order valence-corrected chi connectivity index (χ1v) is 10.2. The molecule has 0 saturated heterocycles. The topological polar surface area (TPSA) is 71.1 Å². The van der Waals surface area contributed by atoms with Gasteiger partial charge in [0.15, 0.2) is 0 Å². The summed E-state index contributed by atoms with van der Waals surface area (Å²) in [6.45, 7) is 3.04. The highest BCUT2D eigenvalue weighted by molar-refractivity contribution is 7.89. The van der Waals surface area contributed by atoms with Gasteiger partial charge in [-0.1, -0.05) is 36.4 Å². The summed E-state index contributed by atoms with van der Waals surface area (Å²) in [4.78, 5) is 3.81. The Morgan fingerprint density at radius 3 is 2.67 bits per heavy atom. The van der Waals surface area contributed by atoms with Crippen LogP contribution in [-0.4, -0.2) is 32.5 Å². The molecule has 0 aliphatic carbocycles. The van der Waals surface area contributed by atoms with E-state index in [9.17, 15) is 12.8 Å². The quantitative estimate of drug-likeness (QED) is 0.583. The number of nitrogens with one attached hydrogen (secondary N) is 2. The average molecular weight is 387 g/mol. The Bertz CT molecular complexity index is 1010. The largest absolute Gasteiger partial charge is 0.315 e. The van der Waals surface area contributed by atoms with Crippen molar-refractivity contribution in [2.24, 2.45) is 0 Å². The van der Waals surface area contributed by atoms with Crippen LogP contribution >= 0.6 is 0 Å². The maximum absolute atomic E-state index is 13.9. The molecule has 0 aliphatic rings. The zero-order valence-electron chi connectivity index (χ0n) is 15.0. The molecule has 0 radical (unpaired) electrons. The third kappa shape index (κ3) is 5.09. The van der Waals surface area contributed by atoms with Gasteiger partial charge in [0, 0.05) is 29.6 Å². The van der Waals surface area contributed by atoms with Crippen LogP contribution < -0.4 is 10.0 Å². The van der Waals surface area contributed by atoms with Crippen molar-refractivity contribution < 1.29 is 12.8 Å². The number of halogens is 1. The van der Waals surface area contributed by atoms with Gasteiger partial charge in [-0.25, -0.2) is 17.5 Å². The number of fused-ring (bicyclic) bond motifs is 1. The first-order chi connectivity index (χ1) is 13.0. The Labute approximate surface area is 158 Å². The maximum atomic E-state index is 13.9. The highest BCUT2D eigenvalue weighted by Gasteiger charge is 2.18. The molecule has 1 heterocycles. The zero-order valence-corrected chi connectivity index (χ0v) is 15.8. The summed E-state index contributed by atoms with van der Waals surface area (Å²) >= 11 is 0. The van der Waals surface area contributed by atoms with E-state index in [4.69, 9.17) is 0 Å². The van der Waals surface area contributed by atoms with Gasteiger partial charge in [-0.15, -0.1) is 0 Å². The molecule has 142 valence electrons. The van der Waals surface area contributed by atoms with Crippen molar-refractivity contribution in [2.75, 3.05) is 13.1 Å². The standard InChI is InChI=1S/C20H22FN3O2S/c1-15(12-22-10-9-16-5-3-2-4-6-16)24-27(25,26)18-8-7-17-13-23-14-20(21)19(17)11-18/h2-8,11,13-15,22,24H,9-10,12H2,1H3.